The molecular weight excluding hydrogens is 544 g/mol. The average molecular weight is 573 g/mol. The number of likely N-dealkylation sites (N-methyl/N-ethyl adjacent to an activating group) is 1. The number of benzene rings is 2. The molecule has 0 saturated heterocycles. The van der Waals surface area contributed by atoms with Gasteiger partial charge in [-0.2, -0.15) is 5.26 Å². The Morgan fingerprint density at radius 2 is 1.71 bits per heavy atom. The molecule has 3 aliphatic carbocycles. The number of amides is 2. The number of Topliss-reactive ketones (excluding diaryl/α,β-unsaturated/α-hetero) is 2. The van der Waals surface area contributed by atoms with Gasteiger partial charge in [-0.1, -0.05) is 18.2 Å². The number of carbonyl (C=O) groups is 4. The van der Waals surface area contributed by atoms with Gasteiger partial charge in [0.05, 0.1) is 34.3 Å². The molecule has 0 heterocycles. The van der Waals surface area contributed by atoms with Gasteiger partial charge in [0.2, 0.25) is 5.91 Å². The van der Waals surface area contributed by atoms with Crippen LogP contribution in [-0.4, -0.2) is 74.8 Å². The van der Waals surface area contributed by atoms with E-state index in [0.717, 1.165) is 0 Å². The van der Waals surface area contributed by atoms with Crippen LogP contribution in [0, 0.1) is 16.7 Å². The second-order valence-corrected chi connectivity index (χ2v) is 11.2. The molecule has 0 spiro atoms. The van der Waals surface area contributed by atoms with E-state index < -0.39 is 80.8 Å². The van der Waals surface area contributed by atoms with E-state index in [0.29, 0.717) is 16.7 Å². The molecule has 0 aliphatic heterocycles. The zero-order chi connectivity index (χ0) is 31.1. The van der Waals surface area contributed by atoms with Crippen molar-refractivity contribution in [1.29, 1.82) is 5.26 Å². The van der Waals surface area contributed by atoms with Gasteiger partial charge in [-0.05, 0) is 61.8 Å². The first-order valence-corrected chi connectivity index (χ1v) is 12.7. The summed E-state index contributed by atoms with van der Waals surface area (Å²) in [5.74, 6) is -6.69. The van der Waals surface area contributed by atoms with Crippen LogP contribution < -0.4 is 22.9 Å². The molecular formula is C29H28N6O7. The van der Waals surface area contributed by atoms with Crippen LogP contribution in [0.3, 0.4) is 0 Å². The van der Waals surface area contributed by atoms with E-state index in [2.05, 4.69) is 0 Å². The van der Waals surface area contributed by atoms with Crippen molar-refractivity contribution in [3.8, 4) is 22.9 Å². The van der Waals surface area contributed by atoms with Gasteiger partial charge in [0.15, 0.2) is 17.0 Å². The maximum atomic E-state index is 14.4. The Kier molecular flexibility index (Phi) is 6.10. The second kappa shape index (κ2) is 8.98. The first-order chi connectivity index (χ1) is 19.6. The standard InChI is InChI=1S/C29H28N6O7/c1-35(2)22-21(38)18(26(32)42)23(39)28(11-30)24(40)19-20(37)17-15(9-27(19,33)10-29(22,28)34)14(6-7-16(17)36)12-4-3-5-13(8-12)25(31)41/h3-8,22,36-37,39H,9-10,33-34H2,1-2H3,(H2,31,41)(H2,32,42)/t22-,27-,28+,29-/m1/s1. The number of fused-ring (bicyclic) bond motifs is 3. The van der Waals surface area contributed by atoms with Gasteiger partial charge in [-0.25, -0.2) is 0 Å². The van der Waals surface area contributed by atoms with Gasteiger partial charge in [-0.15, -0.1) is 0 Å². The van der Waals surface area contributed by atoms with E-state index in [-0.39, 0.29) is 17.5 Å². The number of nitrogens with two attached hydrogens (primary N) is 4. The molecule has 13 heteroatoms. The van der Waals surface area contributed by atoms with Crippen LogP contribution in [0.25, 0.3) is 16.9 Å². The van der Waals surface area contributed by atoms with E-state index in [1.54, 1.807) is 24.3 Å². The summed E-state index contributed by atoms with van der Waals surface area (Å²) in [6.45, 7) is 0. The van der Waals surface area contributed by atoms with Crippen LogP contribution in [0.2, 0.25) is 0 Å². The highest BCUT2D eigenvalue weighted by Gasteiger charge is 2.74. The maximum absolute atomic E-state index is 14.4. The number of aliphatic hydroxyl groups excluding tert-OH is 2. The number of aliphatic hydroxyl groups is 2. The minimum absolute atomic E-state index is 0.159. The molecule has 5 rings (SSSR count). The topological polar surface area (TPSA) is 260 Å². The summed E-state index contributed by atoms with van der Waals surface area (Å²) in [4.78, 5) is 53.4. The highest BCUT2D eigenvalue weighted by Crippen LogP contribution is 2.58. The van der Waals surface area contributed by atoms with Crippen LogP contribution in [0.5, 0.6) is 5.75 Å². The predicted molar refractivity (Wildman–Crippen MR) is 148 cm³/mol. The first kappa shape index (κ1) is 28.5. The SMILES string of the molecule is CN(C)[C@@H]1C(=O)C(C(N)=O)=C(O)[C@@]2(C#N)C(=O)C3=C(O)c4c(O)ccc(-c5cccc(C(N)=O)c5)c4C[C@@]3(N)C[C@@]12N. The zero-order valence-electron chi connectivity index (χ0n) is 22.6. The monoisotopic (exact) mass is 572 g/mol. The number of phenols is 1. The minimum atomic E-state index is -2.74. The highest BCUT2D eigenvalue weighted by molar-refractivity contribution is 6.25. The number of nitriles is 1. The summed E-state index contributed by atoms with van der Waals surface area (Å²) in [5, 5.41) is 44.2. The van der Waals surface area contributed by atoms with Crippen LogP contribution in [-0.2, 0) is 20.8 Å². The molecule has 0 radical (unpaired) electrons. The molecule has 13 nitrogen and oxygen atoms in total. The lowest BCUT2D eigenvalue weighted by Gasteiger charge is -2.58. The van der Waals surface area contributed by atoms with Gasteiger partial charge in [0.25, 0.3) is 5.91 Å². The third-order valence-corrected chi connectivity index (χ3v) is 8.59. The molecule has 4 atom stereocenters. The van der Waals surface area contributed by atoms with E-state index in [9.17, 15) is 39.8 Å². The first-order valence-electron chi connectivity index (χ1n) is 12.7. The molecule has 42 heavy (non-hydrogen) atoms. The third kappa shape index (κ3) is 3.40. The molecule has 2 aromatic carbocycles. The zero-order valence-corrected chi connectivity index (χ0v) is 22.6. The number of primary amides is 2. The number of aromatic hydroxyl groups is 1. The molecule has 1 fully saturated rings. The summed E-state index contributed by atoms with van der Waals surface area (Å²) in [6.07, 6.45) is -0.723. The fourth-order valence-corrected chi connectivity index (χ4v) is 6.94. The number of nitrogens with zero attached hydrogens (tertiary/aromatic N) is 2. The lowest BCUT2D eigenvalue weighted by Crippen LogP contribution is -2.80. The van der Waals surface area contributed by atoms with Crippen molar-refractivity contribution < 1.29 is 34.5 Å². The number of hydrogen-bond donors (Lipinski definition) is 7. The molecule has 0 unspecified atom stereocenters. The Morgan fingerprint density at radius 1 is 1.05 bits per heavy atom. The van der Waals surface area contributed by atoms with Gasteiger partial charge in [-0.3, -0.25) is 24.1 Å². The summed E-state index contributed by atoms with van der Waals surface area (Å²) in [5.41, 5.74) is 17.6. The van der Waals surface area contributed by atoms with E-state index in [4.69, 9.17) is 22.9 Å². The quantitative estimate of drug-likeness (QED) is 0.233. The molecule has 2 amide bonds. The van der Waals surface area contributed by atoms with Crippen molar-refractivity contribution in [2.45, 2.75) is 30.0 Å². The number of hydrogen-bond acceptors (Lipinski definition) is 11. The van der Waals surface area contributed by atoms with Crippen molar-refractivity contribution in [2.24, 2.45) is 28.3 Å². The molecule has 0 aromatic heterocycles. The lowest BCUT2D eigenvalue weighted by molar-refractivity contribution is -0.139. The number of carbonyl (C=O) groups excluding carboxylic acids is 4. The van der Waals surface area contributed by atoms with Crippen LogP contribution in [0.4, 0.5) is 0 Å². The summed E-state index contributed by atoms with van der Waals surface area (Å²) in [6, 6.07) is 9.33. The Balaban J connectivity index is 1.85. The molecule has 216 valence electrons. The van der Waals surface area contributed by atoms with Gasteiger partial charge in [0, 0.05) is 5.56 Å². The van der Waals surface area contributed by atoms with Crippen molar-refractivity contribution >= 4 is 29.1 Å². The number of ketones is 2. The minimum Gasteiger partial charge on any atom is -0.509 e. The average Bonchev–Trinajstić information content (AvgIpc) is 2.87. The van der Waals surface area contributed by atoms with Crippen molar-refractivity contribution in [3.63, 3.8) is 0 Å². The van der Waals surface area contributed by atoms with Crippen LogP contribution in [0.1, 0.15) is 27.9 Å². The summed E-state index contributed by atoms with van der Waals surface area (Å²) >= 11 is 0. The van der Waals surface area contributed by atoms with Crippen LogP contribution >= 0.6 is 0 Å². The number of rotatable bonds is 4. The fraction of sp³-hybridized carbons (Fsp3) is 0.276. The predicted octanol–water partition coefficient (Wildman–Crippen LogP) is -0.329. The Hall–Kier alpha value is -5.03. The lowest BCUT2D eigenvalue weighted by atomic mass is 9.47. The van der Waals surface area contributed by atoms with Crippen molar-refractivity contribution in [3.05, 3.63) is 70.0 Å². The molecule has 0 bridgehead atoms. The molecule has 3 aliphatic rings. The van der Waals surface area contributed by atoms with E-state index in [1.165, 1.54) is 37.2 Å². The normalized spacial score (nSPS) is 28.6. The molecule has 1 saturated carbocycles. The number of phenolic OH excluding ortho intramolecular Hbond substituents is 1. The molecule has 2 aromatic rings. The van der Waals surface area contributed by atoms with Crippen molar-refractivity contribution in [2.75, 3.05) is 14.1 Å². The fourth-order valence-electron chi connectivity index (χ4n) is 6.94. The summed E-state index contributed by atoms with van der Waals surface area (Å²) < 4.78 is 0. The van der Waals surface area contributed by atoms with Crippen LogP contribution in [0.15, 0.2) is 53.3 Å². The van der Waals surface area contributed by atoms with Crippen molar-refractivity contribution in [1.82, 2.24) is 4.90 Å². The highest BCUT2D eigenvalue weighted by atomic mass is 16.3. The van der Waals surface area contributed by atoms with Gasteiger partial charge in [0.1, 0.15) is 22.8 Å². The Morgan fingerprint density at radius 3 is 2.29 bits per heavy atom. The second-order valence-electron chi connectivity index (χ2n) is 11.2. The van der Waals surface area contributed by atoms with Gasteiger partial charge >= 0.3 is 0 Å². The summed E-state index contributed by atoms with van der Waals surface area (Å²) in [7, 11) is 2.88. The van der Waals surface area contributed by atoms with E-state index in [1.807, 2.05) is 0 Å². The Labute approximate surface area is 239 Å². The third-order valence-electron chi connectivity index (χ3n) is 8.59. The van der Waals surface area contributed by atoms with E-state index >= 15 is 0 Å². The van der Waals surface area contributed by atoms with Gasteiger partial charge < -0.3 is 38.3 Å². The largest absolute Gasteiger partial charge is 0.509 e. The Bertz CT molecular complexity index is 1750. The molecule has 11 N–H and O–H groups in total. The smallest absolute Gasteiger partial charge is 0.255 e. The maximum Gasteiger partial charge on any atom is 0.255 e.